The number of aliphatic hydroxyl groups is 2. The Morgan fingerprint density at radius 2 is 2.38 bits per heavy atom. The molecule has 0 amide bonds. The summed E-state index contributed by atoms with van der Waals surface area (Å²) < 4.78 is 0. The fraction of sp³-hybridized carbons (Fsp3) is 0.583. The summed E-state index contributed by atoms with van der Waals surface area (Å²) in [5, 5.41) is 19.3. The fourth-order valence-corrected chi connectivity index (χ4v) is 2.15. The molecule has 1 fully saturated rings. The van der Waals surface area contributed by atoms with Gasteiger partial charge in [-0.15, -0.1) is 0 Å². The predicted octanol–water partition coefficient (Wildman–Crippen LogP) is 1.10. The van der Waals surface area contributed by atoms with E-state index in [1.165, 1.54) is 0 Å². The van der Waals surface area contributed by atoms with Crippen LogP contribution in [0.25, 0.3) is 0 Å². The van der Waals surface area contributed by atoms with Gasteiger partial charge in [0.1, 0.15) is 5.82 Å². The van der Waals surface area contributed by atoms with Crippen molar-refractivity contribution in [3.63, 3.8) is 0 Å². The van der Waals surface area contributed by atoms with Crippen LogP contribution in [0.15, 0.2) is 18.3 Å². The number of hydrogen-bond donors (Lipinski definition) is 2. The Morgan fingerprint density at radius 1 is 1.56 bits per heavy atom. The predicted molar refractivity (Wildman–Crippen MR) is 62.3 cm³/mol. The topological polar surface area (TPSA) is 56.6 Å². The molecule has 88 valence electrons. The molecule has 1 aliphatic heterocycles. The first-order chi connectivity index (χ1) is 7.68. The highest BCUT2D eigenvalue weighted by Crippen LogP contribution is 2.26. The van der Waals surface area contributed by atoms with Crippen LogP contribution in [0.2, 0.25) is 0 Å². The monoisotopic (exact) mass is 222 g/mol. The third kappa shape index (κ3) is 2.33. The van der Waals surface area contributed by atoms with Crippen molar-refractivity contribution in [1.29, 1.82) is 0 Å². The zero-order valence-electron chi connectivity index (χ0n) is 9.50. The van der Waals surface area contributed by atoms with Crippen LogP contribution >= 0.6 is 0 Å². The summed E-state index contributed by atoms with van der Waals surface area (Å²) in [7, 11) is 0. The van der Waals surface area contributed by atoms with Gasteiger partial charge in [0.25, 0.3) is 0 Å². The Bertz CT molecular complexity index is 355. The number of piperidine rings is 1. The lowest BCUT2D eigenvalue weighted by molar-refractivity contribution is 0.153. The zero-order chi connectivity index (χ0) is 11.5. The van der Waals surface area contributed by atoms with E-state index in [-0.39, 0.29) is 6.10 Å². The Labute approximate surface area is 95.5 Å². The molecule has 1 aromatic rings. The van der Waals surface area contributed by atoms with E-state index in [4.69, 9.17) is 0 Å². The average molecular weight is 222 g/mol. The van der Waals surface area contributed by atoms with E-state index >= 15 is 0 Å². The first-order valence-electron chi connectivity index (χ1n) is 5.74. The van der Waals surface area contributed by atoms with Gasteiger partial charge in [0.2, 0.25) is 0 Å². The third-order valence-electron chi connectivity index (χ3n) is 2.96. The highest BCUT2D eigenvalue weighted by atomic mass is 16.3. The van der Waals surface area contributed by atoms with Crippen molar-refractivity contribution >= 4 is 5.82 Å². The molecule has 1 aliphatic rings. The molecule has 2 N–H and O–H groups in total. The fourth-order valence-electron chi connectivity index (χ4n) is 2.15. The van der Waals surface area contributed by atoms with E-state index in [1.807, 2.05) is 12.1 Å². The Kier molecular flexibility index (Phi) is 3.41. The van der Waals surface area contributed by atoms with E-state index in [2.05, 4.69) is 9.88 Å². The minimum absolute atomic E-state index is 0.280. The van der Waals surface area contributed by atoms with Gasteiger partial charge in [-0.2, -0.15) is 0 Å². The molecule has 4 heteroatoms. The summed E-state index contributed by atoms with van der Waals surface area (Å²) in [6, 6.07) is 3.71. The molecule has 1 aromatic heterocycles. The second kappa shape index (κ2) is 4.80. The molecule has 0 radical (unpaired) electrons. The standard InChI is InChI=1S/C12H18N2O2/c1-9(15)11-5-2-6-13-12(11)14-7-3-4-10(16)8-14/h2,5-6,9-10,15-16H,3-4,7-8H2,1H3. The number of anilines is 1. The highest BCUT2D eigenvalue weighted by Gasteiger charge is 2.21. The number of aromatic nitrogens is 1. The van der Waals surface area contributed by atoms with Gasteiger partial charge in [0.05, 0.1) is 12.2 Å². The van der Waals surface area contributed by atoms with Crippen molar-refractivity contribution in [2.24, 2.45) is 0 Å². The van der Waals surface area contributed by atoms with Crippen LogP contribution in [-0.2, 0) is 0 Å². The van der Waals surface area contributed by atoms with E-state index in [1.54, 1.807) is 13.1 Å². The van der Waals surface area contributed by atoms with Crippen molar-refractivity contribution in [1.82, 2.24) is 4.98 Å². The van der Waals surface area contributed by atoms with Gasteiger partial charge >= 0.3 is 0 Å². The average Bonchev–Trinajstić information content (AvgIpc) is 2.29. The molecular weight excluding hydrogens is 204 g/mol. The SMILES string of the molecule is CC(O)c1cccnc1N1CCCC(O)C1. The second-order valence-electron chi connectivity index (χ2n) is 4.33. The van der Waals surface area contributed by atoms with Gasteiger partial charge in [0.15, 0.2) is 0 Å². The Morgan fingerprint density at radius 3 is 3.06 bits per heavy atom. The Hall–Kier alpha value is -1.13. The van der Waals surface area contributed by atoms with Crippen LogP contribution in [0.1, 0.15) is 31.4 Å². The maximum Gasteiger partial charge on any atom is 0.134 e. The molecule has 0 saturated carbocycles. The molecule has 0 aromatic carbocycles. The van der Waals surface area contributed by atoms with Gasteiger partial charge in [0, 0.05) is 24.8 Å². The zero-order valence-corrected chi connectivity index (χ0v) is 9.50. The van der Waals surface area contributed by atoms with E-state index in [9.17, 15) is 10.2 Å². The van der Waals surface area contributed by atoms with Crippen LogP contribution in [0.4, 0.5) is 5.82 Å². The van der Waals surface area contributed by atoms with Crippen molar-refractivity contribution < 1.29 is 10.2 Å². The summed E-state index contributed by atoms with van der Waals surface area (Å²) >= 11 is 0. The minimum Gasteiger partial charge on any atom is -0.391 e. The quantitative estimate of drug-likeness (QED) is 0.786. The van der Waals surface area contributed by atoms with Crippen LogP contribution in [0.3, 0.4) is 0 Å². The van der Waals surface area contributed by atoms with Crippen LogP contribution < -0.4 is 4.90 Å². The van der Waals surface area contributed by atoms with Crippen molar-refractivity contribution in [3.05, 3.63) is 23.9 Å². The number of nitrogens with zero attached hydrogens (tertiary/aromatic N) is 2. The van der Waals surface area contributed by atoms with Gasteiger partial charge in [-0.05, 0) is 25.8 Å². The first-order valence-corrected chi connectivity index (χ1v) is 5.74. The molecule has 0 bridgehead atoms. The lowest BCUT2D eigenvalue weighted by Crippen LogP contribution is -2.39. The van der Waals surface area contributed by atoms with Crippen LogP contribution in [-0.4, -0.2) is 34.4 Å². The number of rotatable bonds is 2. The normalized spacial score (nSPS) is 23.2. The maximum atomic E-state index is 9.67. The van der Waals surface area contributed by atoms with Gasteiger partial charge in [-0.3, -0.25) is 0 Å². The third-order valence-corrected chi connectivity index (χ3v) is 2.96. The molecule has 2 unspecified atom stereocenters. The summed E-state index contributed by atoms with van der Waals surface area (Å²) in [4.78, 5) is 6.36. The van der Waals surface area contributed by atoms with Gasteiger partial charge < -0.3 is 15.1 Å². The number of pyridine rings is 1. The van der Waals surface area contributed by atoms with E-state index < -0.39 is 6.10 Å². The number of β-amino-alcohol motifs (C(OH)–C–C–N with tert-alkyl or cyclic N) is 1. The van der Waals surface area contributed by atoms with Crippen molar-refractivity contribution in [2.45, 2.75) is 32.0 Å². The minimum atomic E-state index is -0.525. The van der Waals surface area contributed by atoms with Crippen molar-refractivity contribution in [2.75, 3.05) is 18.0 Å². The summed E-state index contributed by atoms with van der Waals surface area (Å²) in [5.74, 6) is 0.802. The molecule has 1 saturated heterocycles. The lowest BCUT2D eigenvalue weighted by Gasteiger charge is -2.32. The lowest BCUT2D eigenvalue weighted by atomic mass is 10.1. The highest BCUT2D eigenvalue weighted by molar-refractivity contribution is 5.48. The maximum absolute atomic E-state index is 9.67. The molecule has 2 heterocycles. The molecule has 16 heavy (non-hydrogen) atoms. The molecule has 2 atom stereocenters. The molecule has 4 nitrogen and oxygen atoms in total. The van der Waals surface area contributed by atoms with Crippen LogP contribution in [0, 0.1) is 0 Å². The largest absolute Gasteiger partial charge is 0.391 e. The summed E-state index contributed by atoms with van der Waals surface area (Å²) in [6.45, 7) is 3.24. The van der Waals surface area contributed by atoms with Crippen molar-refractivity contribution in [3.8, 4) is 0 Å². The van der Waals surface area contributed by atoms with E-state index in [0.29, 0.717) is 6.54 Å². The molecule has 0 spiro atoms. The van der Waals surface area contributed by atoms with Gasteiger partial charge in [-0.1, -0.05) is 6.07 Å². The molecule has 0 aliphatic carbocycles. The number of hydrogen-bond acceptors (Lipinski definition) is 4. The number of aliphatic hydroxyl groups excluding tert-OH is 2. The smallest absolute Gasteiger partial charge is 0.134 e. The summed E-state index contributed by atoms with van der Waals surface area (Å²) in [5.41, 5.74) is 0.830. The summed E-state index contributed by atoms with van der Waals surface area (Å²) in [6.07, 6.45) is 2.74. The Balaban J connectivity index is 2.25. The molecule has 2 rings (SSSR count). The van der Waals surface area contributed by atoms with E-state index in [0.717, 1.165) is 30.8 Å². The first kappa shape index (κ1) is 11.4. The van der Waals surface area contributed by atoms with Gasteiger partial charge in [-0.25, -0.2) is 4.98 Å². The van der Waals surface area contributed by atoms with Crippen LogP contribution in [0.5, 0.6) is 0 Å². The second-order valence-corrected chi connectivity index (χ2v) is 4.33. The molecular formula is C12H18N2O2.